The van der Waals surface area contributed by atoms with Crippen LogP contribution < -0.4 is 10.6 Å². The Morgan fingerprint density at radius 2 is 1.59 bits per heavy atom. The first-order chi connectivity index (χ1) is 10.5. The fourth-order valence-corrected chi connectivity index (χ4v) is 2.08. The standard InChI is InChI=1S/C19H24N2O/c1-13(2)12-20-17-7-9-18(10-8-17)21-19(22)16-6-5-14(3)15(4)11-16/h5-11,13,20H,12H2,1-4H3,(H,21,22). The number of aryl methyl sites for hydroxylation is 2. The van der Waals surface area contributed by atoms with E-state index < -0.39 is 0 Å². The van der Waals surface area contributed by atoms with Crippen LogP contribution in [0.15, 0.2) is 42.5 Å². The summed E-state index contributed by atoms with van der Waals surface area (Å²) in [5, 5.41) is 6.29. The number of carbonyl (C=O) groups excluding carboxylic acids is 1. The van der Waals surface area contributed by atoms with Crippen molar-refractivity contribution in [1.82, 2.24) is 0 Å². The summed E-state index contributed by atoms with van der Waals surface area (Å²) in [6.07, 6.45) is 0. The molecule has 0 atom stereocenters. The smallest absolute Gasteiger partial charge is 0.255 e. The van der Waals surface area contributed by atoms with Crippen LogP contribution in [0, 0.1) is 19.8 Å². The van der Waals surface area contributed by atoms with E-state index in [9.17, 15) is 4.79 Å². The lowest BCUT2D eigenvalue weighted by Gasteiger charge is -2.10. The normalized spacial score (nSPS) is 10.6. The Labute approximate surface area is 132 Å². The highest BCUT2D eigenvalue weighted by molar-refractivity contribution is 6.04. The highest BCUT2D eigenvalue weighted by Gasteiger charge is 2.07. The summed E-state index contributed by atoms with van der Waals surface area (Å²) in [4.78, 5) is 12.3. The fourth-order valence-electron chi connectivity index (χ4n) is 2.08. The van der Waals surface area contributed by atoms with Gasteiger partial charge in [-0.1, -0.05) is 19.9 Å². The van der Waals surface area contributed by atoms with E-state index in [0.717, 1.165) is 23.5 Å². The quantitative estimate of drug-likeness (QED) is 0.845. The largest absolute Gasteiger partial charge is 0.385 e. The highest BCUT2D eigenvalue weighted by Crippen LogP contribution is 2.16. The van der Waals surface area contributed by atoms with Crippen molar-refractivity contribution in [1.29, 1.82) is 0 Å². The lowest BCUT2D eigenvalue weighted by Crippen LogP contribution is -2.12. The Morgan fingerprint density at radius 1 is 0.955 bits per heavy atom. The Hall–Kier alpha value is -2.29. The second kappa shape index (κ2) is 7.12. The molecule has 2 aromatic rings. The minimum atomic E-state index is -0.0778. The van der Waals surface area contributed by atoms with Gasteiger partial charge in [0.25, 0.3) is 5.91 Å². The van der Waals surface area contributed by atoms with Gasteiger partial charge in [-0.2, -0.15) is 0 Å². The van der Waals surface area contributed by atoms with Crippen molar-refractivity contribution in [3.8, 4) is 0 Å². The van der Waals surface area contributed by atoms with Gasteiger partial charge in [-0.15, -0.1) is 0 Å². The topological polar surface area (TPSA) is 41.1 Å². The van der Waals surface area contributed by atoms with Crippen LogP contribution in [0.1, 0.15) is 35.3 Å². The van der Waals surface area contributed by atoms with Gasteiger partial charge in [-0.05, 0) is 67.3 Å². The molecule has 0 aliphatic carbocycles. The summed E-state index contributed by atoms with van der Waals surface area (Å²) >= 11 is 0. The minimum Gasteiger partial charge on any atom is -0.385 e. The molecule has 0 fully saturated rings. The molecule has 0 heterocycles. The zero-order valence-electron chi connectivity index (χ0n) is 13.7. The van der Waals surface area contributed by atoms with Crippen molar-refractivity contribution in [2.24, 2.45) is 5.92 Å². The lowest BCUT2D eigenvalue weighted by molar-refractivity contribution is 0.102. The van der Waals surface area contributed by atoms with Crippen LogP contribution in [-0.2, 0) is 0 Å². The third kappa shape index (κ3) is 4.35. The van der Waals surface area contributed by atoms with Crippen LogP contribution in [0.25, 0.3) is 0 Å². The van der Waals surface area contributed by atoms with E-state index >= 15 is 0 Å². The second-order valence-electron chi connectivity index (χ2n) is 6.11. The van der Waals surface area contributed by atoms with Gasteiger partial charge in [0.05, 0.1) is 0 Å². The Balaban J connectivity index is 2.00. The number of rotatable bonds is 5. The van der Waals surface area contributed by atoms with Gasteiger partial charge in [0.15, 0.2) is 0 Å². The van der Waals surface area contributed by atoms with Crippen molar-refractivity contribution in [3.05, 3.63) is 59.2 Å². The molecule has 2 aromatic carbocycles. The summed E-state index contributed by atoms with van der Waals surface area (Å²) in [6.45, 7) is 9.34. The van der Waals surface area contributed by atoms with Crippen LogP contribution in [0.2, 0.25) is 0 Å². The molecule has 3 heteroatoms. The van der Waals surface area contributed by atoms with Crippen LogP contribution >= 0.6 is 0 Å². The van der Waals surface area contributed by atoms with Crippen molar-refractivity contribution in [2.45, 2.75) is 27.7 Å². The maximum atomic E-state index is 12.3. The first-order valence-corrected chi connectivity index (χ1v) is 7.68. The molecule has 0 aliphatic rings. The number of nitrogens with one attached hydrogen (secondary N) is 2. The van der Waals surface area contributed by atoms with E-state index in [1.165, 1.54) is 5.56 Å². The van der Waals surface area contributed by atoms with E-state index in [0.29, 0.717) is 11.5 Å². The van der Waals surface area contributed by atoms with E-state index in [4.69, 9.17) is 0 Å². The van der Waals surface area contributed by atoms with E-state index in [1.54, 1.807) is 0 Å². The zero-order valence-corrected chi connectivity index (χ0v) is 13.7. The summed E-state index contributed by atoms with van der Waals surface area (Å²) in [7, 11) is 0. The highest BCUT2D eigenvalue weighted by atomic mass is 16.1. The van der Waals surface area contributed by atoms with Gasteiger partial charge in [-0.25, -0.2) is 0 Å². The number of benzene rings is 2. The third-order valence-corrected chi connectivity index (χ3v) is 3.63. The first-order valence-electron chi connectivity index (χ1n) is 7.68. The van der Waals surface area contributed by atoms with Crippen molar-refractivity contribution in [3.63, 3.8) is 0 Å². The maximum absolute atomic E-state index is 12.3. The number of hydrogen-bond acceptors (Lipinski definition) is 2. The predicted molar refractivity (Wildman–Crippen MR) is 93.6 cm³/mol. The number of anilines is 2. The average Bonchev–Trinajstić information content (AvgIpc) is 2.49. The molecule has 0 saturated carbocycles. The van der Waals surface area contributed by atoms with Gasteiger partial charge in [0, 0.05) is 23.5 Å². The number of amides is 1. The van der Waals surface area contributed by atoms with Crippen molar-refractivity contribution < 1.29 is 4.79 Å². The SMILES string of the molecule is Cc1ccc(C(=O)Nc2ccc(NCC(C)C)cc2)cc1C. The summed E-state index contributed by atoms with van der Waals surface area (Å²) in [6, 6.07) is 13.6. The molecule has 1 amide bonds. The van der Waals surface area contributed by atoms with E-state index in [1.807, 2.05) is 56.3 Å². The molecule has 0 saturated heterocycles. The Bertz CT molecular complexity index is 645. The molecule has 0 aliphatic heterocycles. The van der Waals surface area contributed by atoms with Gasteiger partial charge in [0.2, 0.25) is 0 Å². The molecule has 0 bridgehead atoms. The van der Waals surface area contributed by atoms with Crippen LogP contribution in [0.5, 0.6) is 0 Å². The zero-order chi connectivity index (χ0) is 16.1. The van der Waals surface area contributed by atoms with Crippen molar-refractivity contribution >= 4 is 17.3 Å². The summed E-state index contributed by atoms with van der Waals surface area (Å²) < 4.78 is 0. The van der Waals surface area contributed by atoms with Crippen molar-refractivity contribution in [2.75, 3.05) is 17.2 Å². The lowest BCUT2D eigenvalue weighted by atomic mass is 10.1. The molecule has 0 unspecified atom stereocenters. The van der Waals surface area contributed by atoms with Gasteiger partial charge >= 0.3 is 0 Å². The molecule has 0 spiro atoms. The number of hydrogen-bond donors (Lipinski definition) is 2. The Kier molecular flexibility index (Phi) is 5.21. The monoisotopic (exact) mass is 296 g/mol. The first kappa shape index (κ1) is 16.1. The van der Waals surface area contributed by atoms with Gasteiger partial charge in [0.1, 0.15) is 0 Å². The summed E-state index contributed by atoms with van der Waals surface area (Å²) in [5.41, 5.74) is 4.87. The molecule has 2 N–H and O–H groups in total. The molecular formula is C19H24N2O. The fraction of sp³-hybridized carbons (Fsp3) is 0.316. The van der Waals surface area contributed by atoms with E-state index in [2.05, 4.69) is 24.5 Å². The van der Waals surface area contributed by atoms with Gasteiger partial charge in [-0.3, -0.25) is 4.79 Å². The molecule has 3 nitrogen and oxygen atoms in total. The molecule has 116 valence electrons. The van der Waals surface area contributed by atoms with Crippen LogP contribution in [0.4, 0.5) is 11.4 Å². The molecule has 2 rings (SSSR count). The predicted octanol–water partition coefficient (Wildman–Crippen LogP) is 4.62. The maximum Gasteiger partial charge on any atom is 0.255 e. The average molecular weight is 296 g/mol. The molecule has 0 aromatic heterocycles. The molecular weight excluding hydrogens is 272 g/mol. The second-order valence-corrected chi connectivity index (χ2v) is 6.11. The van der Waals surface area contributed by atoms with Crippen LogP contribution in [0.3, 0.4) is 0 Å². The van der Waals surface area contributed by atoms with Crippen LogP contribution in [-0.4, -0.2) is 12.5 Å². The summed E-state index contributed by atoms with van der Waals surface area (Å²) in [5.74, 6) is 0.523. The van der Waals surface area contributed by atoms with E-state index in [-0.39, 0.29) is 5.91 Å². The third-order valence-electron chi connectivity index (χ3n) is 3.63. The molecule has 0 radical (unpaired) electrons. The van der Waals surface area contributed by atoms with Gasteiger partial charge < -0.3 is 10.6 Å². The minimum absolute atomic E-state index is 0.0778. The number of carbonyl (C=O) groups is 1. The Morgan fingerprint density at radius 3 is 2.18 bits per heavy atom. The molecule has 22 heavy (non-hydrogen) atoms.